The summed E-state index contributed by atoms with van der Waals surface area (Å²) in [5.41, 5.74) is 0.310. The van der Waals surface area contributed by atoms with Crippen LogP contribution < -0.4 is 5.32 Å². The molecule has 0 aromatic carbocycles. The molecule has 0 fully saturated rings. The molecule has 0 aromatic heterocycles. The molecule has 1 N–H and O–H groups in total. The van der Waals surface area contributed by atoms with Crippen LogP contribution in [0, 0.1) is 5.92 Å². The van der Waals surface area contributed by atoms with Gasteiger partial charge >= 0.3 is 0 Å². The second-order valence-corrected chi connectivity index (χ2v) is 2.96. The topological polar surface area (TPSA) is 46.2 Å². The lowest BCUT2D eigenvalue weighted by Crippen LogP contribution is -2.35. The third-order valence-corrected chi connectivity index (χ3v) is 1.77. The van der Waals surface area contributed by atoms with Crippen LogP contribution in [-0.4, -0.2) is 17.7 Å². The number of hydrogen-bond donors (Lipinski definition) is 1. The Hall–Kier alpha value is -0.830. The second-order valence-electron chi connectivity index (χ2n) is 2.65. The fraction of sp³-hybridized carbons (Fsp3) is 0.500. The smallest absolute Gasteiger partial charge is 0.252 e. The van der Waals surface area contributed by atoms with Crippen molar-refractivity contribution in [1.82, 2.24) is 5.32 Å². The highest BCUT2D eigenvalue weighted by atomic mass is 35.5. The Bertz CT molecular complexity index is 213. The predicted octanol–water partition coefficient (Wildman–Crippen LogP) is 1.08. The van der Waals surface area contributed by atoms with Gasteiger partial charge in [0.25, 0.3) is 5.91 Å². The van der Waals surface area contributed by atoms with Crippen LogP contribution in [0.1, 0.15) is 13.8 Å². The SMILES string of the molecule is C=C(C)C(=O)NC(=O)C(C)CCl. The van der Waals surface area contributed by atoms with E-state index < -0.39 is 5.91 Å². The number of carbonyl (C=O) groups excluding carboxylic acids is 2. The Kier molecular flexibility index (Phi) is 4.59. The third kappa shape index (κ3) is 3.53. The van der Waals surface area contributed by atoms with Crippen LogP contribution in [0.25, 0.3) is 0 Å². The summed E-state index contributed by atoms with van der Waals surface area (Å²) < 4.78 is 0. The molecule has 0 bridgehead atoms. The number of nitrogens with one attached hydrogen (secondary N) is 1. The maximum atomic E-state index is 11.0. The highest BCUT2D eigenvalue weighted by Crippen LogP contribution is 1.98. The summed E-state index contributed by atoms with van der Waals surface area (Å²) >= 11 is 5.42. The molecule has 2 amide bonds. The molecule has 68 valence electrons. The highest BCUT2D eigenvalue weighted by molar-refractivity contribution is 6.19. The number of halogens is 1. The first-order valence-electron chi connectivity index (χ1n) is 3.55. The summed E-state index contributed by atoms with van der Waals surface area (Å²) in [6.45, 7) is 6.58. The first kappa shape index (κ1) is 11.2. The maximum Gasteiger partial charge on any atom is 0.252 e. The van der Waals surface area contributed by atoms with E-state index in [2.05, 4.69) is 11.9 Å². The van der Waals surface area contributed by atoms with Crippen LogP contribution in [-0.2, 0) is 9.59 Å². The summed E-state index contributed by atoms with van der Waals surface area (Å²) in [6.07, 6.45) is 0. The van der Waals surface area contributed by atoms with Gasteiger partial charge in [0.1, 0.15) is 0 Å². The van der Waals surface area contributed by atoms with Crippen molar-refractivity contribution >= 4 is 23.4 Å². The van der Waals surface area contributed by atoms with E-state index in [1.54, 1.807) is 6.92 Å². The van der Waals surface area contributed by atoms with E-state index in [4.69, 9.17) is 11.6 Å². The molecule has 0 aliphatic heterocycles. The molecule has 4 heteroatoms. The standard InChI is InChI=1S/C8H12ClNO2/c1-5(2)7(11)10-8(12)6(3)4-9/h6H,1,4H2,2-3H3,(H,10,11,12). The van der Waals surface area contributed by atoms with E-state index in [1.165, 1.54) is 6.92 Å². The molecule has 0 heterocycles. The van der Waals surface area contributed by atoms with E-state index in [1.807, 2.05) is 0 Å². The molecule has 0 saturated carbocycles. The van der Waals surface area contributed by atoms with Crippen LogP contribution in [0.3, 0.4) is 0 Å². The van der Waals surface area contributed by atoms with Gasteiger partial charge in [-0.2, -0.15) is 0 Å². The maximum absolute atomic E-state index is 11.0. The summed E-state index contributed by atoms with van der Waals surface area (Å²) in [5.74, 6) is -0.958. The number of amides is 2. The first-order chi connectivity index (χ1) is 5.49. The molecule has 1 unspecified atom stereocenters. The van der Waals surface area contributed by atoms with Gasteiger partial charge < -0.3 is 0 Å². The van der Waals surface area contributed by atoms with Crippen molar-refractivity contribution in [2.75, 3.05) is 5.88 Å². The lowest BCUT2D eigenvalue weighted by molar-refractivity contribution is -0.130. The fourth-order valence-corrected chi connectivity index (χ4v) is 0.552. The Labute approximate surface area is 76.8 Å². The van der Waals surface area contributed by atoms with Gasteiger partial charge in [-0.1, -0.05) is 13.5 Å². The fourth-order valence-electron chi connectivity index (χ4n) is 0.412. The van der Waals surface area contributed by atoms with Crippen molar-refractivity contribution in [2.24, 2.45) is 5.92 Å². The van der Waals surface area contributed by atoms with Crippen molar-refractivity contribution in [3.8, 4) is 0 Å². The highest BCUT2D eigenvalue weighted by Gasteiger charge is 2.14. The van der Waals surface area contributed by atoms with Crippen molar-refractivity contribution in [3.63, 3.8) is 0 Å². The molecule has 3 nitrogen and oxygen atoms in total. The predicted molar refractivity (Wildman–Crippen MR) is 47.8 cm³/mol. The average molecular weight is 190 g/mol. The van der Waals surface area contributed by atoms with Gasteiger partial charge in [-0.25, -0.2) is 0 Å². The minimum Gasteiger partial charge on any atom is -0.292 e. The first-order valence-corrected chi connectivity index (χ1v) is 4.09. The molecule has 0 aliphatic rings. The third-order valence-electron chi connectivity index (χ3n) is 1.30. The molecule has 0 rings (SSSR count). The van der Waals surface area contributed by atoms with Gasteiger partial charge in [0.15, 0.2) is 0 Å². The molecule has 0 aromatic rings. The van der Waals surface area contributed by atoms with Gasteiger partial charge in [0, 0.05) is 17.4 Å². The van der Waals surface area contributed by atoms with E-state index in [9.17, 15) is 9.59 Å². The van der Waals surface area contributed by atoms with Gasteiger partial charge in [-0.05, 0) is 6.92 Å². The second kappa shape index (κ2) is 4.93. The Morgan fingerprint density at radius 1 is 1.58 bits per heavy atom. The van der Waals surface area contributed by atoms with Crippen LogP contribution >= 0.6 is 11.6 Å². The molecule has 12 heavy (non-hydrogen) atoms. The zero-order chi connectivity index (χ0) is 9.72. The quantitative estimate of drug-likeness (QED) is 0.534. The average Bonchev–Trinajstić information content (AvgIpc) is 2.02. The normalized spacial score (nSPS) is 11.9. The number of imide groups is 1. The lowest BCUT2D eigenvalue weighted by Gasteiger charge is -2.06. The van der Waals surface area contributed by atoms with Crippen molar-refractivity contribution < 1.29 is 9.59 Å². The number of rotatable bonds is 3. The van der Waals surface area contributed by atoms with Crippen molar-refractivity contribution in [2.45, 2.75) is 13.8 Å². The number of hydrogen-bond acceptors (Lipinski definition) is 2. The van der Waals surface area contributed by atoms with E-state index in [0.717, 1.165) is 0 Å². The number of carbonyl (C=O) groups is 2. The van der Waals surface area contributed by atoms with E-state index in [-0.39, 0.29) is 17.7 Å². The monoisotopic (exact) mass is 189 g/mol. The van der Waals surface area contributed by atoms with E-state index in [0.29, 0.717) is 5.57 Å². The van der Waals surface area contributed by atoms with Crippen LogP contribution in [0.4, 0.5) is 0 Å². The van der Waals surface area contributed by atoms with Gasteiger partial charge in [-0.3, -0.25) is 14.9 Å². The van der Waals surface area contributed by atoms with Gasteiger partial charge in [-0.15, -0.1) is 11.6 Å². The molecular formula is C8H12ClNO2. The lowest BCUT2D eigenvalue weighted by atomic mass is 10.2. The summed E-state index contributed by atoms with van der Waals surface area (Å²) in [6, 6.07) is 0. The molecule has 0 radical (unpaired) electrons. The Morgan fingerprint density at radius 2 is 2.08 bits per heavy atom. The zero-order valence-corrected chi connectivity index (χ0v) is 7.94. The molecule has 0 aliphatic carbocycles. The Morgan fingerprint density at radius 3 is 2.42 bits per heavy atom. The minimum atomic E-state index is -0.447. The largest absolute Gasteiger partial charge is 0.292 e. The van der Waals surface area contributed by atoms with Gasteiger partial charge in [0.2, 0.25) is 5.91 Å². The van der Waals surface area contributed by atoms with Crippen molar-refractivity contribution in [3.05, 3.63) is 12.2 Å². The summed E-state index contributed by atoms with van der Waals surface area (Å²) in [7, 11) is 0. The summed E-state index contributed by atoms with van der Waals surface area (Å²) in [4.78, 5) is 21.9. The molecule has 1 atom stereocenters. The van der Waals surface area contributed by atoms with E-state index >= 15 is 0 Å². The van der Waals surface area contributed by atoms with Crippen LogP contribution in [0.15, 0.2) is 12.2 Å². The minimum absolute atomic E-state index is 0.204. The summed E-state index contributed by atoms with van der Waals surface area (Å²) in [5, 5.41) is 2.17. The van der Waals surface area contributed by atoms with Crippen LogP contribution in [0.2, 0.25) is 0 Å². The molecular weight excluding hydrogens is 178 g/mol. The number of alkyl halides is 1. The molecule has 0 spiro atoms. The molecule has 0 saturated heterocycles. The van der Waals surface area contributed by atoms with Gasteiger partial charge in [0.05, 0.1) is 0 Å². The van der Waals surface area contributed by atoms with Crippen LogP contribution in [0.5, 0.6) is 0 Å². The zero-order valence-electron chi connectivity index (χ0n) is 7.19. The van der Waals surface area contributed by atoms with Crippen molar-refractivity contribution in [1.29, 1.82) is 0 Å². The Balaban J connectivity index is 4.01.